The SMILES string of the molecule is CC(C)CN1CCC(NC(=O)N2CCN(S(=O)(=O)c3c(Cl)cccc3Cl)CC2)CC1. The molecule has 0 atom stereocenters. The van der Waals surface area contributed by atoms with Crippen LogP contribution in [0.1, 0.15) is 26.7 Å². The van der Waals surface area contributed by atoms with E-state index in [1.165, 1.54) is 16.4 Å². The van der Waals surface area contributed by atoms with Gasteiger partial charge in [-0.2, -0.15) is 4.31 Å². The second-order valence-electron chi connectivity index (χ2n) is 8.36. The standard InChI is InChI=1S/C20H30Cl2N4O3S/c1-15(2)14-24-8-6-16(7-9-24)23-20(27)25-10-12-26(13-11-25)30(28,29)19-17(21)4-3-5-18(19)22/h3-5,15-16H,6-14H2,1-2H3,(H,23,27). The number of piperidine rings is 1. The zero-order chi connectivity index (χ0) is 21.9. The first-order valence-corrected chi connectivity index (χ1v) is 12.6. The van der Waals surface area contributed by atoms with Gasteiger partial charge in [-0.15, -0.1) is 0 Å². The van der Waals surface area contributed by atoms with Crippen LogP contribution in [0.15, 0.2) is 23.1 Å². The average Bonchev–Trinajstić information content (AvgIpc) is 2.69. The summed E-state index contributed by atoms with van der Waals surface area (Å²) in [6.45, 7) is 8.60. The van der Waals surface area contributed by atoms with Crippen molar-refractivity contribution in [2.75, 3.05) is 45.8 Å². The predicted octanol–water partition coefficient (Wildman–Crippen LogP) is 3.13. The molecule has 0 radical (unpaired) electrons. The van der Waals surface area contributed by atoms with E-state index in [0.717, 1.165) is 32.5 Å². The van der Waals surface area contributed by atoms with Crippen LogP contribution in [-0.4, -0.2) is 80.4 Å². The summed E-state index contributed by atoms with van der Waals surface area (Å²) in [5, 5.41) is 3.32. The average molecular weight is 477 g/mol. The molecule has 0 bridgehead atoms. The Kier molecular flexibility index (Phi) is 7.90. The number of hydrogen-bond donors (Lipinski definition) is 1. The quantitative estimate of drug-likeness (QED) is 0.708. The fourth-order valence-corrected chi connectivity index (χ4v) is 6.55. The first-order valence-electron chi connectivity index (χ1n) is 10.4. The maximum Gasteiger partial charge on any atom is 0.317 e. The molecule has 2 fully saturated rings. The summed E-state index contributed by atoms with van der Waals surface area (Å²) in [6, 6.07) is 4.68. The molecule has 2 saturated heterocycles. The lowest BCUT2D eigenvalue weighted by Crippen LogP contribution is -2.55. The van der Waals surface area contributed by atoms with E-state index in [0.29, 0.717) is 19.0 Å². The third-order valence-corrected chi connectivity index (χ3v) is 8.44. The van der Waals surface area contributed by atoms with Gasteiger partial charge < -0.3 is 15.1 Å². The van der Waals surface area contributed by atoms with Crippen LogP contribution in [0.4, 0.5) is 4.79 Å². The summed E-state index contributed by atoms with van der Waals surface area (Å²) >= 11 is 12.2. The van der Waals surface area contributed by atoms with E-state index in [9.17, 15) is 13.2 Å². The predicted molar refractivity (Wildman–Crippen MR) is 120 cm³/mol. The molecule has 1 N–H and O–H groups in total. The first-order chi connectivity index (χ1) is 14.2. The van der Waals surface area contributed by atoms with Gasteiger partial charge in [0.15, 0.2) is 0 Å². The number of nitrogens with zero attached hydrogens (tertiary/aromatic N) is 3. The second-order valence-corrected chi connectivity index (χ2v) is 11.0. The van der Waals surface area contributed by atoms with Gasteiger partial charge in [-0.05, 0) is 30.9 Å². The maximum atomic E-state index is 13.0. The van der Waals surface area contributed by atoms with Gasteiger partial charge in [-0.1, -0.05) is 43.1 Å². The first kappa shape index (κ1) is 23.6. The highest BCUT2D eigenvalue weighted by Gasteiger charge is 2.33. The molecular weight excluding hydrogens is 447 g/mol. The lowest BCUT2D eigenvalue weighted by atomic mass is 10.0. The topological polar surface area (TPSA) is 73.0 Å². The van der Waals surface area contributed by atoms with Gasteiger partial charge in [0.25, 0.3) is 0 Å². The summed E-state index contributed by atoms with van der Waals surface area (Å²) in [5.41, 5.74) is 0. The molecule has 10 heteroatoms. The molecule has 2 aliphatic rings. The van der Waals surface area contributed by atoms with Crippen LogP contribution in [0.25, 0.3) is 0 Å². The molecule has 2 aliphatic heterocycles. The highest BCUT2D eigenvalue weighted by molar-refractivity contribution is 7.89. The normalized spacial score (nSPS) is 20.0. The van der Waals surface area contributed by atoms with Gasteiger partial charge in [-0.3, -0.25) is 0 Å². The third kappa shape index (κ3) is 5.59. The molecule has 0 aliphatic carbocycles. The number of piperazine rings is 1. The monoisotopic (exact) mass is 476 g/mol. The minimum Gasteiger partial charge on any atom is -0.335 e. The van der Waals surface area contributed by atoms with E-state index in [1.807, 2.05) is 0 Å². The van der Waals surface area contributed by atoms with Gasteiger partial charge in [0.2, 0.25) is 10.0 Å². The number of carbonyl (C=O) groups excluding carboxylic acids is 1. The molecule has 1 aromatic rings. The Morgan fingerprint density at radius 2 is 1.63 bits per heavy atom. The molecule has 30 heavy (non-hydrogen) atoms. The van der Waals surface area contributed by atoms with Gasteiger partial charge in [0, 0.05) is 51.9 Å². The van der Waals surface area contributed by atoms with E-state index in [-0.39, 0.29) is 40.1 Å². The molecule has 1 aromatic carbocycles. The van der Waals surface area contributed by atoms with Crippen LogP contribution in [0, 0.1) is 5.92 Å². The van der Waals surface area contributed by atoms with E-state index < -0.39 is 10.0 Å². The van der Waals surface area contributed by atoms with Crippen molar-refractivity contribution >= 4 is 39.3 Å². The number of sulfonamides is 1. The van der Waals surface area contributed by atoms with Crippen LogP contribution in [0.3, 0.4) is 0 Å². The lowest BCUT2D eigenvalue weighted by molar-refractivity contribution is 0.152. The molecule has 0 saturated carbocycles. The molecular formula is C20H30Cl2N4O3S. The highest BCUT2D eigenvalue weighted by Crippen LogP contribution is 2.31. The number of carbonyl (C=O) groups is 1. The molecule has 7 nitrogen and oxygen atoms in total. The second kappa shape index (κ2) is 10.0. The number of benzene rings is 1. The van der Waals surface area contributed by atoms with Crippen molar-refractivity contribution in [1.82, 2.24) is 19.4 Å². The Morgan fingerprint density at radius 1 is 1.07 bits per heavy atom. The molecule has 2 heterocycles. The van der Waals surface area contributed by atoms with Crippen molar-refractivity contribution in [3.8, 4) is 0 Å². The number of urea groups is 1. The van der Waals surface area contributed by atoms with Crippen LogP contribution < -0.4 is 5.32 Å². The van der Waals surface area contributed by atoms with Crippen molar-refractivity contribution < 1.29 is 13.2 Å². The lowest BCUT2D eigenvalue weighted by Gasteiger charge is -2.37. The molecule has 168 valence electrons. The highest BCUT2D eigenvalue weighted by atomic mass is 35.5. The minimum absolute atomic E-state index is 0.0700. The van der Waals surface area contributed by atoms with Gasteiger partial charge in [0.05, 0.1) is 10.0 Å². The summed E-state index contributed by atoms with van der Waals surface area (Å²) < 4.78 is 27.3. The number of nitrogens with one attached hydrogen (secondary N) is 1. The van der Waals surface area contributed by atoms with Gasteiger partial charge in [0.1, 0.15) is 4.90 Å². The summed E-state index contributed by atoms with van der Waals surface area (Å²) in [7, 11) is -3.81. The maximum absolute atomic E-state index is 13.0. The van der Waals surface area contributed by atoms with E-state index >= 15 is 0 Å². The summed E-state index contributed by atoms with van der Waals surface area (Å²) in [5.74, 6) is 0.643. The van der Waals surface area contributed by atoms with E-state index in [2.05, 4.69) is 24.1 Å². The molecule has 0 aromatic heterocycles. The fourth-order valence-electron chi connectivity index (χ4n) is 4.03. The van der Waals surface area contributed by atoms with Crippen LogP contribution in [0.5, 0.6) is 0 Å². The number of halogens is 2. The Bertz CT molecular complexity index is 829. The van der Waals surface area contributed by atoms with Crippen molar-refractivity contribution in [3.05, 3.63) is 28.2 Å². The van der Waals surface area contributed by atoms with Crippen LogP contribution >= 0.6 is 23.2 Å². The minimum atomic E-state index is -3.81. The van der Waals surface area contributed by atoms with Gasteiger partial charge >= 0.3 is 6.03 Å². The zero-order valence-corrected chi connectivity index (χ0v) is 19.8. The van der Waals surface area contributed by atoms with Crippen LogP contribution in [-0.2, 0) is 10.0 Å². The van der Waals surface area contributed by atoms with Crippen molar-refractivity contribution in [1.29, 1.82) is 0 Å². The Balaban J connectivity index is 1.51. The third-order valence-electron chi connectivity index (χ3n) is 5.58. The number of amides is 2. The molecule has 0 unspecified atom stereocenters. The molecule has 0 spiro atoms. The van der Waals surface area contributed by atoms with E-state index in [1.54, 1.807) is 11.0 Å². The van der Waals surface area contributed by atoms with Crippen molar-refractivity contribution in [3.63, 3.8) is 0 Å². The van der Waals surface area contributed by atoms with Crippen molar-refractivity contribution in [2.24, 2.45) is 5.92 Å². The van der Waals surface area contributed by atoms with E-state index in [4.69, 9.17) is 23.2 Å². The fraction of sp³-hybridized carbons (Fsp3) is 0.650. The summed E-state index contributed by atoms with van der Waals surface area (Å²) in [6.07, 6.45) is 1.88. The van der Waals surface area contributed by atoms with Crippen LogP contribution in [0.2, 0.25) is 10.0 Å². The Hall–Kier alpha value is -1.06. The summed E-state index contributed by atoms with van der Waals surface area (Å²) in [4.78, 5) is 16.7. The molecule has 3 rings (SSSR count). The molecule has 2 amide bonds. The number of rotatable bonds is 5. The largest absolute Gasteiger partial charge is 0.335 e. The number of hydrogen-bond acceptors (Lipinski definition) is 4. The smallest absolute Gasteiger partial charge is 0.317 e. The van der Waals surface area contributed by atoms with Crippen molar-refractivity contribution in [2.45, 2.75) is 37.6 Å². The Labute approximate surface area is 189 Å². The number of likely N-dealkylation sites (tertiary alicyclic amines) is 1. The zero-order valence-electron chi connectivity index (χ0n) is 17.5. The van der Waals surface area contributed by atoms with Gasteiger partial charge in [-0.25, -0.2) is 13.2 Å². The Morgan fingerprint density at radius 3 is 2.17 bits per heavy atom.